The highest BCUT2D eigenvalue weighted by atomic mass is 35.5. The summed E-state index contributed by atoms with van der Waals surface area (Å²) in [5, 5.41) is 0. The van der Waals surface area contributed by atoms with Crippen molar-refractivity contribution in [3.05, 3.63) is 23.8 Å². The molecule has 2 N–H and O–H groups in total. The maximum atomic E-state index is 11.5. The molecule has 1 aromatic carbocycles. The molecule has 0 aliphatic carbocycles. The molecule has 13 heavy (non-hydrogen) atoms. The van der Waals surface area contributed by atoms with E-state index in [0.717, 1.165) is 0 Å². The van der Waals surface area contributed by atoms with Crippen LogP contribution in [0.15, 0.2) is 23.1 Å². The molecule has 0 saturated heterocycles. The van der Waals surface area contributed by atoms with Gasteiger partial charge >= 0.3 is 0 Å². The fourth-order valence-electron chi connectivity index (χ4n) is 1.07. The number of carbonyl (C=O) groups is 1. The third kappa shape index (κ3) is 2.39. The highest BCUT2D eigenvalue weighted by molar-refractivity contribution is 7.80. The van der Waals surface area contributed by atoms with E-state index in [-0.39, 0.29) is 5.78 Å². The zero-order chi connectivity index (χ0) is 9.84. The molecule has 0 atom stereocenters. The third-order valence-corrected chi connectivity index (χ3v) is 2.24. The molecular weight excluding hydrogens is 206 g/mol. The smallest absolute Gasteiger partial charge is 0.167 e. The first-order valence-electron chi connectivity index (χ1n) is 3.83. The maximum absolute atomic E-state index is 11.5. The zero-order valence-electron chi connectivity index (χ0n) is 6.96. The molecule has 1 aromatic rings. The van der Waals surface area contributed by atoms with Gasteiger partial charge in [0, 0.05) is 22.9 Å². The van der Waals surface area contributed by atoms with Gasteiger partial charge in [0.1, 0.15) is 0 Å². The van der Waals surface area contributed by atoms with Crippen LogP contribution >= 0.6 is 24.2 Å². The number of nitrogens with two attached hydrogens (primary N) is 1. The van der Waals surface area contributed by atoms with E-state index >= 15 is 0 Å². The van der Waals surface area contributed by atoms with Gasteiger partial charge in [0.2, 0.25) is 0 Å². The van der Waals surface area contributed by atoms with Gasteiger partial charge in [-0.25, -0.2) is 0 Å². The van der Waals surface area contributed by atoms with Crippen LogP contribution in [0.1, 0.15) is 16.8 Å². The van der Waals surface area contributed by atoms with E-state index in [1.807, 2.05) is 0 Å². The average Bonchev–Trinajstić information content (AvgIpc) is 2.04. The first kappa shape index (κ1) is 10.4. The van der Waals surface area contributed by atoms with Crippen molar-refractivity contribution in [3.63, 3.8) is 0 Å². The molecule has 0 aliphatic rings. The van der Waals surface area contributed by atoms with E-state index < -0.39 is 0 Å². The number of hydrogen-bond donors (Lipinski definition) is 2. The highest BCUT2D eigenvalue weighted by Gasteiger charge is 2.11. The number of rotatable bonds is 3. The Labute approximate surface area is 87.5 Å². The van der Waals surface area contributed by atoms with E-state index in [0.29, 0.717) is 28.4 Å². The van der Waals surface area contributed by atoms with E-state index in [1.165, 1.54) is 0 Å². The van der Waals surface area contributed by atoms with Gasteiger partial charge in [0.15, 0.2) is 5.78 Å². The number of halogens is 1. The van der Waals surface area contributed by atoms with Crippen molar-refractivity contribution >= 4 is 35.7 Å². The normalized spacial score (nSPS) is 10.0. The Bertz CT molecular complexity index is 307. The van der Waals surface area contributed by atoms with Gasteiger partial charge in [0.05, 0.1) is 5.56 Å². The molecule has 0 aliphatic heterocycles. The van der Waals surface area contributed by atoms with Crippen molar-refractivity contribution in [2.75, 3.05) is 11.6 Å². The van der Waals surface area contributed by atoms with Crippen molar-refractivity contribution in [1.82, 2.24) is 0 Å². The summed E-state index contributed by atoms with van der Waals surface area (Å²) in [6.45, 7) is 0. The number of anilines is 1. The van der Waals surface area contributed by atoms with Gasteiger partial charge in [-0.1, -0.05) is 6.07 Å². The molecule has 0 fully saturated rings. The quantitative estimate of drug-likeness (QED) is 0.352. The van der Waals surface area contributed by atoms with Crippen LogP contribution in [0.25, 0.3) is 0 Å². The van der Waals surface area contributed by atoms with Gasteiger partial charge in [-0.2, -0.15) is 0 Å². The van der Waals surface area contributed by atoms with Crippen LogP contribution in [-0.2, 0) is 0 Å². The number of carbonyl (C=O) groups excluding carboxylic acids is 1. The van der Waals surface area contributed by atoms with Crippen LogP contribution in [0.4, 0.5) is 5.69 Å². The number of alkyl halides is 1. The Kier molecular flexibility index (Phi) is 3.63. The van der Waals surface area contributed by atoms with Crippen LogP contribution in [0.5, 0.6) is 0 Å². The van der Waals surface area contributed by atoms with Crippen LogP contribution < -0.4 is 5.73 Å². The number of hydrogen-bond acceptors (Lipinski definition) is 3. The number of benzene rings is 1. The van der Waals surface area contributed by atoms with Crippen molar-refractivity contribution < 1.29 is 4.79 Å². The van der Waals surface area contributed by atoms with E-state index in [4.69, 9.17) is 17.3 Å². The van der Waals surface area contributed by atoms with Gasteiger partial charge in [-0.3, -0.25) is 4.79 Å². The molecular formula is C9H10ClNOS. The Morgan fingerprint density at radius 1 is 1.54 bits per heavy atom. The second-order valence-corrected chi connectivity index (χ2v) is 3.46. The predicted molar refractivity (Wildman–Crippen MR) is 57.8 cm³/mol. The van der Waals surface area contributed by atoms with Gasteiger partial charge in [0.25, 0.3) is 0 Å². The molecule has 0 saturated carbocycles. The summed E-state index contributed by atoms with van der Waals surface area (Å²) >= 11 is 9.62. The number of ketones is 1. The van der Waals surface area contributed by atoms with Crippen LogP contribution in [0.3, 0.4) is 0 Å². The lowest BCUT2D eigenvalue weighted by atomic mass is 10.1. The van der Waals surface area contributed by atoms with Crippen molar-refractivity contribution in [1.29, 1.82) is 0 Å². The fraction of sp³-hybridized carbons (Fsp3) is 0.222. The summed E-state index contributed by atoms with van der Waals surface area (Å²) in [5.74, 6) is 0.249. The number of Topliss-reactive ketones (excluding diaryl/α,β-unsaturated/α-hetero) is 1. The SMILES string of the molecule is Nc1cccc(S)c1C(=O)CCCl. The Morgan fingerprint density at radius 2 is 2.23 bits per heavy atom. The molecule has 2 nitrogen and oxygen atoms in total. The first-order valence-corrected chi connectivity index (χ1v) is 4.81. The molecule has 70 valence electrons. The average molecular weight is 216 g/mol. The minimum absolute atomic E-state index is 0.0573. The molecule has 0 spiro atoms. The van der Waals surface area contributed by atoms with Gasteiger partial charge < -0.3 is 5.73 Å². The molecule has 1 rings (SSSR count). The third-order valence-electron chi connectivity index (χ3n) is 1.68. The van der Waals surface area contributed by atoms with E-state index in [9.17, 15) is 4.79 Å². The standard InChI is InChI=1S/C9H10ClNOS/c10-5-4-7(12)9-6(11)2-1-3-8(9)13/h1-3,13H,4-5,11H2. The van der Waals surface area contributed by atoms with E-state index in [2.05, 4.69) is 12.6 Å². The Balaban J connectivity index is 3.05. The lowest BCUT2D eigenvalue weighted by Gasteiger charge is -2.05. The van der Waals surface area contributed by atoms with Crippen molar-refractivity contribution in [2.45, 2.75) is 11.3 Å². The Morgan fingerprint density at radius 3 is 2.77 bits per heavy atom. The monoisotopic (exact) mass is 215 g/mol. The summed E-state index contributed by atoms with van der Waals surface area (Å²) < 4.78 is 0. The fourth-order valence-corrected chi connectivity index (χ4v) is 1.58. The van der Waals surface area contributed by atoms with Crippen molar-refractivity contribution in [3.8, 4) is 0 Å². The number of thiol groups is 1. The summed E-state index contributed by atoms with van der Waals surface area (Å²) in [6, 6.07) is 5.18. The first-order chi connectivity index (χ1) is 6.16. The molecule has 0 heterocycles. The lowest BCUT2D eigenvalue weighted by Crippen LogP contribution is -2.05. The van der Waals surface area contributed by atoms with Gasteiger partial charge in [-0.15, -0.1) is 24.2 Å². The van der Waals surface area contributed by atoms with Gasteiger partial charge in [-0.05, 0) is 12.1 Å². The molecule has 0 aromatic heterocycles. The minimum atomic E-state index is -0.0573. The van der Waals surface area contributed by atoms with Crippen LogP contribution in [0.2, 0.25) is 0 Å². The summed E-state index contributed by atoms with van der Waals surface area (Å²) in [6.07, 6.45) is 0.295. The largest absolute Gasteiger partial charge is 0.398 e. The Hall–Kier alpha value is -0.670. The minimum Gasteiger partial charge on any atom is -0.398 e. The van der Waals surface area contributed by atoms with Crippen LogP contribution in [-0.4, -0.2) is 11.7 Å². The second kappa shape index (κ2) is 4.53. The van der Waals surface area contributed by atoms with E-state index in [1.54, 1.807) is 18.2 Å². The highest BCUT2D eigenvalue weighted by Crippen LogP contribution is 2.21. The lowest BCUT2D eigenvalue weighted by molar-refractivity contribution is 0.0987. The zero-order valence-corrected chi connectivity index (χ0v) is 8.61. The number of nitrogen functional groups attached to an aromatic ring is 1. The summed E-state index contributed by atoms with van der Waals surface area (Å²) in [5.41, 5.74) is 6.58. The maximum Gasteiger partial charge on any atom is 0.167 e. The molecule has 0 unspecified atom stereocenters. The molecule has 0 radical (unpaired) electrons. The van der Waals surface area contributed by atoms with Crippen molar-refractivity contribution in [2.24, 2.45) is 0 Å². The molecule has 0 bridgehead atoms. The summed E-state index contributed by atoms with van der Waals surface area (Å²) in [7, 11) is 0. The topological polar surface area (TPSA) is 43.1 Å². The molecule has 4 heteroatoms. The van der Waals surface area contributed by atoms with Crippen LogP contribution in [0, 0.1) is 0 Å². The summed E-state index contributed by atoms with van der Waals surface area (Å²) in [4.78, 5) is 12.1. The predicted octanol–water partition coefficient (Wildman–Crippen LogP) is 2.37. The molecule has 0 amide bonds. The second-order valence-electron chi connectivity index (χ2n) is 2.60.